The van der Waals surface area contributed by atoms with Gasteiger partial charge in [-0.05, 0) is 24.6 Å². The summed E-state index contributed by atoms with van der Waals surface area (Å²) >= 11 is 5.86. The molecule has 2 rings (SSSR count). The lowest BCUT2D eigenvalue weighted by molar-refractivity contribution is 0.306. The van der Waals surface area contributed by atoms with Crippen molar-refractivity contribution < 1.29 is 8.42 Å². The first-order valence-electron chi connectivity index (χ1n) is 6.62. The Kier molecular flexibility index (Phi) is 5.04. The van der Waals surface area contributed by atoms with Crippen molar-refractivity contribution in [3.63, 3.8) is 0 Å². The van der Waals surface area contributed by atoms with Gasteiger partial charge in [0.25, 0.3) is 10.2 Å². The van der Waals surface area contributed by atoms with Crippen molar-refractivity contribution in [3.8, 4) is 0 Å². The zero-order valence-electron chi connectivity index (χ0n) is 11.7. The van der Waals surface area contributed by atoms with E-state index in [4.69, 9.17) is 11.6 Å². The molecule has 0 spiro atoms. The molecule has 1 aromatic carbocycles. The van der Waals surface area contributed by atoms with Crippen LogP contribution in [0.4, 0.5) is 0 Å². The topological polar surface area (TPSA) is 52.7 Å². The number of piperazine rings is 1. The van der Waals surface area contributed by atoms with Crippen LogP contribution < -0.4 is 5.32 Å². The molecule has 20 heavy (non-hydrogen) atoms. The zero-order valence-corrected chi connectivity index (χ0v) is 13.3. The third kappa shape index (κ3) is 3.32. The minimum atomic E-state index is -3.43. The van der Waals surface area contributed by atoms with Crippen molar-refractivity contribution in [2.45, 2.75) is 13.0 Å². The van der Waals surface area contributed by atoms with Crippen molar-refractivity contribution >= 4 is 21.8 Å². The summed E-state index contributed by atoms with van der Waals surface area (Å²) < 4.78 is 28.1. The van der Waals surface area contributed by atoms with Gasteiger partial charge in [0.05, 0.1) is 0 Å². The normalized spacial score (nSPS) is 19.2. The molecule has 1 aliphatic rings. The van der Waals surface area contributed by atoms with E-state index in [9.17, 15) is 8.42 Å². The lowest BCUT2D eigenvalue weighted by Crippen LogP contribution is -2.51. The van der Waals surface area contributed by atoms with Crippen LogP contribution in [-0.4, -0.2) is 50.3 Å². The molecule has 1 N–H and O–H groups in total. The van der Waals surface area contributed by atoms with Gasteiger partial charge in [-0.1, -0.05) is 23.7 Å². The summed E-state index contributed by atoms with van der Waals surface area (Å²) in [5.41, 5.74) is 0.926. The van der Waals surface area contributed by atoms with Crippen LogP contribution in [0.3, 0.4) is 0 Å². The van der Waals surface area contributed by atoms with Crippen LogP contribution in [-0.2, 0) is 10.2 Å². The smallest absolute Gasteiger partial charge is 0.282 e. The first kappa shape index (κ1) is 15.7. The van der Waals surface area contributed by atoms with Gasteiger partial charge in [-0.25, -0.2) is 0 Å². The highest BCUT2D eigenvalue weighted by molar-refractivity contribution is 7.86. The number of halogens is 1. The molecule has 1 atom stereocenters. The highest BCUT2D eigenvalue weighted by atomic mass is 35.5. The largest absolute Gasteiger partial charge is 0.314 e. The Hall–Kier alpha value is -0.660. The Labute approximate surface area is 125 Å². The summed E-state index contributed by atoms with van der Waals surface area (Å²) in [5.74, 6) is 0. The van der Waals surface area contributed by atoms with Gasteiger partial charge in [-0.2, -0.15) is 17.0 Å². The second kappa shape index (κ2) is 6.41. The molecule has 0 aliphatic carbocycles. The van der Waals surface area contributed by atoms with Gasteiger partial charge in [-0.15, -0.1) is 0 Å². The van der Waals surface area contributed by atoms with Crippen LogP contribution in [0.25, 0.3) is 0 Å². The molecule has 1 aromatic rings. The number of nitrogens with one attached hydrogen (secondary N) is 1. The van der Waals surface area contributed by atoms with Crippen LogP contribution in [0.5, 0.6) is 0 Å². The molecule has 1 fully saturated rings. The molecule has 0 bridgehead atoms. The molecule has 1 aliphatic heterocycles. The summed E-state index contributed by atoms with van der Waals surface area (Å²) in [7, 11) is -1.80. The lowest BCUT2D eigenvalue weighted by atomic mass is 10.1. The molecule has 5 nitrogen and oxygen atoms in total. The van der Waals surface area contributed by atoms with Gasteiger partial charge in [-0.3, -0.25) is 0 Å². The lowest BCUT2D eigenvalue weighted by Gasteiger charge is -2.33. The van der Waals surface area contributed by atoms with Crippen molar-refractivity contribution in [1.82, 2.24) is 13.9 Å². The fraction of sp³-hybridized carbons (Fsp3) is 0.538. The number of hydrogen-bond donors (Lipinski definition) is 1. The number of hydrogen-bond acceptors (Lipinski definition) is 3. The molecule has 0 saturated carbocycles. The molecule has 0 amide bonds. The molecule has 0 radical (unpaired) electrons. The van der Waals surface area contributed by atoms with Gasteiger partial charge in [0, 0.05) is 44.3 Å². The number of rotatable bonds is 4. The van der Waals surface area contributed by atoms with Gasteiger partial charge in [0.15, 0.2) is 0 Å². The maximum Gasteiger partial charge on any atom is 0.282 e. The molecule has 1 unspecified atom stereocenters. The standard InChI is InChI=1S/C13H20ClN3O2S/c1-11(12-3-5-13(14)6-4-12)16(2)20(18,19)17-9-7-15-8-10-17/h3-6,11,15H,7-10H2,1-2H3. The Bertz CT molecular complexity index is 541. The fourth-order valence-corrected chi connectivity index (χ4v) is 3.86. The summed E-state index contributed by atoms with van der Waals surface area (Å²) in [6.45, 7) is 4.30. The summed E-state index contributed by atoms with van der Waals surface area (Å²) in [6, 6.07) is 7.04. The summed E-state index contributed by atoms with van der Waals surface area (Å²) in [4.78, 5) is 0. The van der Waals surface area contributed by atoms with E-state index in [1.807, 2.05) is 19.1 Å². The van der Waals surface area contributed by atoms with Crippen LogP contribution in [0.2, 0.25) is 5.02 Å². The van der Waals surface area contributed by atoms with Crippen LogP contribution in [0, 0.1) is 0 Å². The van der Waals surface area contributed by atoms with Crippen molar-refractivity contribution in [2.24, 2.45) is 0 Å². The third-order valence-electron chi connectivity index (χ3n) is 3.66. The van der Waals surface area contributed by atoms with E-state index in [2.05, 4.69) is 5.32 Å². The zero-order chi connectivity index (χ0) is 14.8. The molecule has 112 valence electrons. The second-order valence-corrected chi connectivity index (χ2v) is 7.33. The molecule has 7 heteroatoms. The molecule has 1 heterocycles. The highest BCUT2D eigenvalue weighted by Gasteiger charge is 2.31. The quantitative estimate of drug-likeness (QED) is 0.915. The monoisotopic (exact) mass is 317 g/mol. The van der Waals surface area contributed by atoms with Gasteiger partial charge >= 0.3 is 0 Å². The number of benzene rings is 1. The van der Waals surface area contributed by atoms with Crippen molar-refractivity contribution in [1.29, 1.82) is 0 Å². The predicted molar refractivity (Wildman–Crippen MR) is 81.0 cm³/mol. The van der Waals surface area contributed by atoms with E-state index in [0.717, 1.165) is 5.56 Å². The summed E-state index contributed by atoms with van der Waals surface area (Å²) in [5, 5.41) is 3.80. The minimum Gasteiger partial charge on any atom is -0.314 e. The average Bonchev–Trinajstić information content (AvgIpc) is 2.47. The Morgan fingerprint density at radius 3 is 2.35 bits per heavy atom. The van der Waals surface area contributed by atoms with E-state index in [1.165, 1.54) is 8.61 Å². The molecular formula is C13H20ClN3O2S. The van der Waals surface area contributed by atoms with Crippen LogP contribution >= 0.6 is 11.6 Å². The van der Waals surface area contributed by atoms with Gasteiger partial charge in [0.1, 0.15) is 0 Å². The van der Waals surface area contributed by atoms with Gasteiger partial charge < -0.3 is 5.32 Å². The Balaban J connectivity index is 2.16. The Morgan fingerprint density at radius 2 is 1.80 bits per heavy atom. The molecule has 0 aromatic heterocycles. The maximum absolute atomic E-state index is 12.6. The highest BCUT2D eigenvalue weighted by Crippen LogP contribution is 2.24. The number of nitrogens with zero attached hydrogens (tertiary/aromatic N) is 2. The first-order valence-corrected chi connectivity index (χ1v) is 8.39. The summed E-state index contributed by atoms with van der Waals surface area (Å²) in [6.07, 6.45) is 0. The van der Waals surface area contributed by atoms with Crippen LogP contribution in [0.1, 0.15) is 18.5 Å². The van der Waals surface area contributed by atoms with E-state index in [1.54, 1.807) is 19.2 Å². The van der Waals surface area contributed by atoms with Crippen LogP contribution in [0.15, 0.2) is 24.3 Å². The Morgan fingerprint density at radius 1 is 1.25 bits per heavy atom. The second-order valence-electron chi connectivity index (χ2n) is 4.90. The van der Waals surface area contributed by atoms with Crippen molar-refractivity contribution in [3.05, 3.63) is 34.9 Å². The molecular weight excluding hydrogens is 298 g/mol. The predicted octanol–water partition coefficient (Wildman–Crippen LogP) is 1.48. The average molecular weight is 318 g/mol. The molecule has 1 saturated heterocycles. The minimum absolute atomic E-state index is 0.229. The van der Waals surface area contributed by atoms with Crippen molar-refractivity contribution in [2.75, 3.05) is 33.2 Å². The SMILES string of the molecule is CC(c1ccc(Cl)cc1)N(C)S(=O)(=O)N1CCNCC1. The fourth-order valence-electron chi connectivity index (χ4n) is 2.21. The first-order chi connectivity index (χ1) is 9.43. The third-order valence-corrected chi connectivity index (χ3v) is 5.98. The maximum atomic E-state index is 12.6. The van der Waals surface area contributed by atoms with E-state index in [0.29, 0.717) is 31.2 Å². The van der Waals surface area contributed by atoms with E-state index < -0.39 is 10.2 Å². The van der Waals surface area contributed by atoms with Gasteiger partial charge in [0.2, 0.25) is 0 Å². The van der Waals surface area contributed by atoms with E-state index >= 15 is 0 Å². The van der Waals surface area contributed by atoms with E-state index in [-0.39, 0.29) is 6.04 Å².